The summed E-state index contributed by atoms with van der Waals surface area (Å²) in [7, 11) is -1.15. The van der Waals surface area contributed by atoms with E-state index in [1.54, 1.807) is 7.11 Å². The summed E-state index contributed by atoms with van der Waals surface area (Å²) in [6.45, 7) is 2.04. The minimum atomic E-state index is -2.80. The summed E-state index contributed by atoms with van der Waals surface area (Å²) in [5.74, 6) is 0.806. The van der Waals surface area contributed by atoms with Crippen LogP contribution in [0.15, 0.2) is 84.9 Å². The van der Waals surface area contributed by atoms with Gasteiger partial charge in [-0.2, -0.15) is 0 Å². The zero-order chi connectivity index (χ0) is 17.0. The highest BCUT2D eigenvalue weighted by atomic mass is 31.2. The molecule has 0 aliphatic rings. The van der Waals surface area contributed by atoms with Crippen LogP contribution in [-0.2, 0) is 4.57 Å². The Balaban J connectivity index is 2.12. The second-order valence-electron chi connectivity index (χ2n) is 5.78. The van der Waals surface area contributed by atoms with Crippen molar-refractivity contribution in [2.45, 2.75) is 12.6 Å². The Morgan fingerprint density at radius 1 is 0.750 bits per heavy atom. The number of ether oxygens (including phenoxy) is 1. The lowest BCUT2D eigenvalue weighted by Gasteiger charge is -2.26. The van der Waals surface area contributed by atoms with E-state index in [0.29, 0.717) is 0 Å². The molecule has 3 heteroatoms. The Labute approximate surface area is 143 Å². The largest absolute Gasteiger partial charge is 0.497 e. The molecule has 0 unspecified atom stereocenters. The van der Waals surface area contributed by atoms with Gasteiger partial charge in [0.1, 0.15) is 12.9 Å². The molecule has 3 aromatic carbocycles. The van der Waals surface area contributed by atoms with Gasteiger partial charge in [-0.15, -0.1) is 0 Å². The Morgan fingerprint density at radius 3 is 1.62 bits per heavy atom. The van der Waals surface area contributed by atoms with Crippen LogP contribution in [0.25, 0.3) is 0 Å². The maximum absolute atomic E-state index is 14.2. The maximum atomic E-state index is 14.2. The highest BCUT2D eigenvalue weighted by molar-refractivity contribution is 7.79. The average Bonchev–Trinajstić information content (AvgIpc) is 2.68. The molecule has 1 atom stereocenters. The van der Waals surface area contributed by atoms with Gasteiger partial charge in [-0.05, 0) is 17.7 Å². The summed E-state index contributed by atoms with van der Waals surface area (Å²) in [6.07, 6.45) is 0. The van der Waals surface area contributed by atoms with Crippen LogP contribution in [0.2, 0.25) is 0 Å². The normalized spacial score (nSPS) is 12.6. The van der Waals surface area contributed by atoms with Crippen molar-refractivity contribution in [1.29, 1.82) is 0 Å². The predicted molar refractivity (Wildman–Crippen MR) is 101 cm³/mol. The van der Waals surface area contributed by atoms with Gasteiger partial charge in [0.2, 0.25) is 0 Å². The van der Waals surface area contributed by atoms with Crippen molar-refractivity contribution in [1.82, 2.24) is 0 Å². The molecule has 122 valence electrons. The zero-order valence-corrected chi connectivity index (χ0v) is 14.8. The summed E-state index contributed by atoms with van der Waals surface area (Å²) in [6, 6.07) is 27.4. The lowest BCUT2D eigenvalue weighted by Crippen LogP contribution is -2.20. The summed E-state index contributed by atoms with van der Waals surface area (Å²) in [5, 5.41) is 1.78. The van der Waals surface area contributed by atoms with Crippen LogP contribution in [0.3, 0.4) is 0 Å². The first-order valence-electron chi connectivity index (χ1n) is 8.01. The molecule has 0 heterocycles. The topological polar surface area (TPSA) is 26.3 Å². The Kier molecular flexibility index (Phi) is 4.87. The number of hydrogen-bond acceptors (Lipinski definition) is 2. The van der Waals surface area contributed by atoms with Crippen molar-refractivity contribution in [3.05, 3.63) is 90.5 Å². The smallest absolute Gasteiger partial charge is 0.150 e. The first-order valence-corrected chi connectivity index (χ1v) is 9.79. The molecule has 0 radical (unpaired) electrons. The lowest BCUT2D eigenvalue weighted by molar-refractivity contribution is 0.414. The van der Waals surface area contributed by atoms with E-state index in [4.69, 9.17) is 4.74 Å². The zero-order valence-electron chi connectivity index (χ0n) is 13.9. The van der Waals surface area contributed by atoms with Gasteiger partial charge in [-0.3, -0.25) is 0 Å². The maximum Gasteiger partial charge on any atom is 0.150 e. The fraction of sp³-hybridized carbons (Fsp3) is 0.143. The molecule has 0 saturated heterocycles. The molecule has 0 saturated carbocycles. The van der Waals surface area contributed by atoms with Gasteiger partial charge in [0.15, 0.2) is 0 Å². The second kappa shape index (κ2) is 7.07. The van der Waals surface area contributed by atoms with Gasteiger partial charge < -0.3 is 9.30 Å². The summed E-state index contributed by atoms with van der Waals surface area (Å²) in [5.41, 5.74) is 0.931. The number of rotatable bonds is 5. The van der Waals surface area contributed by atoms with Gasteiger partial charge in [0, 0.05) is 16.3 Å². The van der Waals surface area contributed by atoms with E-state index in [1.165, 1.54) is 0 Å². The molecule has 0 aliphatic carbocycles. The van der Waals surface area contributed by atoms with E-state index < -0.39 is 7.14 Å². The van der Waals surface area contributed by atoms with Crippen molar-refractivity contribution < 1.29 is 9.30 Å². The van der Waals surface area contributed by atoms with E-state index in [9.17, 15) is 4.57 Å². The molecule has 3 rings (SSSR count). The molecular weight excluding hydrogens is 315 g/mol. The average molecular weight is 336 g/mol. The number of hydrogen-bond donors (Lipinski definition) is 0. The van der Waals surface area contributed by atoms with E-state index in [1.807, 2.05) is 91.9 Å². The van der Waals surface area contributed by atoms with Crippen LogP contribution in [0, 0.1) is 0 Å². The summed E-state index contributed by atoms with van der Waals surface area (Å²) >= 11 is 0. The van der Waals surface area contributed by atoms with Crippen LogP contribution >= 0.6 is 7.14 Å². The van der Waals surface area contributed by atoms with E-state index >= 15 is 0 Å². The second-order valence-corrected chi connectivity index (χ2v) is 8.90. The van der Waals surface area contributed by atoms with Gasteiger partial charge >= 0.3 is 0 Å². The van der Waals surface area contributed by atoms with E-state index in [-0.39, 0.29) is 5.66 Å². The first kappa shape index (κ1) is 16.5. The molecule has 0 N–H and O–H groups in total. The molecule has 0 bridgehead atoms. The SMILES string of the molecule is COc1ccc([C@H](C)P(=O)(c2ccccc2)c2ccccc2)cc1. The fourth-order valence-corrected chi connectivity index (χ4v) is 6.00. The highest BCUT2D eigenvalue weighted by Gasteiger charge is 2.34. The molecular formula is C21H21O2P. The van der Waals surface area contributed by atoms with Gasteiger partial charge in [-0.25, -0.2) is 0 Å². The first-order chi connectivity index (χ1) is 11.7. The van der Waals surface area contributed by atoms with Crippen LogP contribution < -0.4 is 15.3 Å². The van der Waals surface area contributed by atoms with Gasteiger partial charge in [0.05, 0.1) is 7.11 Å². The Morgan fingerprint density at radius 2 is 1.21 bits per heavy atom. The molecule has 0 spiro atoms. The molecule has 0 aliphatic heterocycles. The lowest BCUT2D eigenvalue weighted by atomic mass is 10.1. The Bertz CT molecular complexity index is 783. The Hall–Kier alpha value is -2.31. The molecule has 0 amide bonds. The van der Waals surface area contributed by atoms with E-state index in [0.717, 1.165) is 21.9 Å². The minimum absolute atomic E-state index is 0.117. The van der Waals surface area contributed by atoms with Crippen LogP contribution in [0.4, 0.5) is 0 Å². The summed E-state index contributed by atoms with van der Waals surface area (Å²) < 4.78 is 19.5. The number of benzene rings is 3. The third kappa shape index (κ3) is 3.02. The number of methoxy groups -OCH3 is 1. The molecule has 0 fully saturated rings. The van der Waals surface area contributed by atoms with Crippen molar-refractivity contribution in [3.8, 4) is 5.75 Å². The van der Waals surface area contributed by atoms with Crippen LogP contribution in [0.5, 0.6) is 5.75 Å². The van der Waals surface area contributed by atoms with Gasteiger partial charge in [0.25, 0.3) is 0 Å². The fourth-order valence-electron chi connectivity index (χ4n) is 2.99. The van der Waals surface area contributed by atoms with Crippen LogP contribution in [0.1, 0.15) is 18.1 Å². The molecule has 24 heavy (non-hydrogen) atoms. The van der Waals surface area contributed by atoms with Gasteiger partial charge in [-0.1, -0.05) is 79.7 Å². The highest BCUT2D eigenvalue weighted by Crippen LogP contribution is 2.56. The third-order valence-electron chi connectivity index (χ3n) is 4.42. The third-order valence-corrected chi connectivity index (χ3v) is 7.94. The monoisotopic (exact) mass is 336 g/mol. The van der Waals surface area contributed by atoms with Crippen molar-refractivity contribution in [2.75, 3.05) is 7.11 Å². The molecule has 3 aromatic rings. The van der Waals surface area contributed by atoms with Crippen molar-refractivity contribution in [3.63, 3.8) is 0 Å². The van der Waals surface area contributed by atoms with Crippen molar-refractivity contribution >= 4 is 17.8 Å². The summed E-state index contributed by atoms with van der Waals surface area (Å²) in [4.78, 5) is 0. The predicted octanol–water partition coefficient (Wildman–Crippen LogP) is 4.77. The minimum Gasteiger partial charge on any atom is -0.497 e. The quantitative estimate of drug-likeness (QED) is 0.627. The van der Waals surface area contributed by atoms with Crippen molar-refractivity contribution in [2.24, 2.45) is 0 Å². The molecule has 0 aromatic heterocycles. The molecule has 2 nitrogen and oxygen atoms in total. The van der Waals surface area contributed by atoms with Crippen LogP contribution in [-0.4, -0.2) is 7.11 Å². The van der Waals surface area contributed by atoms with E-state index in [2.05, 4.69) is 0 Å². The standard InChI is InChI=1S/C21H21O2P/c1-17(18-13-15-19(23-2)16-14-18)24(22,20-9-5-3-6-10-20)21-11-7-4-8-12-21/h3-17H,1-2H3/t17-/m0/s1.